The first kappa shape index (κ1) is 9.29. The first-order valence-electron chi connectivity index (χ1n) is 2.79. The van der Waals surface area contributed by atoms with Crippen molar-refractivity contribution in [1.29, 1.82) is 0 Å². The predicted octanol–water partition coefficient (Wildman–Crippen LogP) is 3.28. The highest BCUT2D eigenvalue weighted by molar-refractivity contribution is 9.11. The maximum atomic E-state index is 10.8. The molecular formula is C7H4Br2OS. The van der Waals surface area contributed by atoms with Crippen molar-refractivity contribution in [3.8, 4) is 0 Å². The summed E-state index contributed by atoms with van der Waals surface area (Å²) in [6, 6.07) is 5.32. The minimum absolute atomic E-state index is 0.232. The molecule has 0 fully saturated rings. The van der Waals surface area contributed by atoms with Crippen molar-refractivity contribution < 1.29 is 4.79 Å². The van der Waals surface area contributed by atoms with Crippen molar-refractivity contribution in [3.05, 3.63) is 32.7 Å². The summed E-state index contributed by atoms with van der Waals surface area (Å²) in [6.45, 7) is 0. The number of rotatable bonds is 1. The molecule has 1 rings (SSSR count). The van der Waals surface area contributed by atoms with Crippen LogP contribution in [0.2, 0.25) is 0 Å². The van der Waals surface area contributed by atoms with Crippen LogP contribution >= 0.6 is 44.5 Å². The van der Waals surface area contributed by atoms with Gasteiger partial charge in [-0.15, -0.1) is 12.6 Å². The number of benzene rings is 1. The first-order valence-corrected chi connectivity index (χ1v) is 4.83. The van der Waals surface area contributed by atoms with E-state index < -0.39 is 0 Å². The summed E-state index contributed by atoms with van der Waals surface area (Å²) >= 11 is 10.2. The Morgan fingerprint density at radius 2 is 2.00 bits per heavy atom. The van der Waals surface area contributed by atoms with Crippen molar-refractivity contribution in [2.75, 3.05) is 0 Å². The summed E-state index contributed by atoms with van der Waals surface area (Å²) in [5.41, 5.74) is 0.580. The van der Waals surface area contributed by atoms with E-state index in [1.165, 1.54) is 0 Å². The highest BCUT2D eigenvalue weighted by atomic mass is 79.9. The summed E-state index contributed by atoms with van der Waals surface area (Å²) in [7, 11) is 0. The molecule has 0 aliphatic heterocycles. The van der Waals surface area contributed by atoms with Crippen LogP contribution < -0.4 is 0 Å². The molecule has 0 N–H and O–H groups in total. The summed E-state index contributed by atoms with van der Waals surface area (Å²) in [6.07, 6.45) is 0. The Hall–Kier alpha value is 0.200. The van der Waals surface area contributed by atoms with Crippen molar-refractivity contribution in [3.63, 3.8) is 0 Å². The molecule has 58 valence electrons. The zero-order chi connectivity index (χ0) is 8.43. The highest BCUT2D eigenvalue weighted by Crippen LogP contribution is 2.22. The molecule has 0 radical (unpaired) electrons. The Labute approximate surface area is 86.8 Å². The van der Waals surface area contributed by atoms with Gasteiger partial charge in [0.25, 0.3) is 0 Å². The average Bonchev–Trinajstić information content (AvgIpc) is 1.85. The number of carbonyl (C=O) groups excluding carboxylic acids is 1. The molecule has 0 aliphatic rings. The lowest BCUT2D eigenvalue weighted by atomic mass is 10.2. The molecule has 0 aromatic heterocycles. The molecule has 0 atom stereocenters. The van der Waals surface area contributed by atoms with Gasteiger partial charge in [0.15, 0.2) is 0 Å². The van der Waals surface area contributed by atoms with Crippen LogP contribution in [0, 0.1) is 0 Å². The molecule has 0 unspecified atom stereocenters. The third-order valence-corrected chi connectivity index (χ3v) is 2.55. The number of hydrogen-bond acceptors (Lipinski definition) is 1. The number of thiol groups is 1. The number of carbonyl (C=O) groups is 1. The fourth-order valence-electron chi connectivity index (χ4n) is 0.663. The van der Waals surface area contributed by atoms with Crippen LogP contribution in [0.3, 0.4) is 0 Å². The van der Waals surface area contributed by atoms with Gasteiger partial charge in [-0.3, -0.25) is 4.79 Å². The molecule has 1 aromatic carbocycles. The van der Waals surface area contributed by atoms with Crippen molar-refractivity contribution >= 4 is 49.6 Å². The summed E-state index contributed by atoms with van der Waals surface area (Å²) in [5.74, 6) is 0. The van der Waals surface area contributed by atoms with Crippen LogP contribution in [0.5, 0.6) is 0 Å². The molecule has 0 aliphatic carbocycles. The molecule has 0 spiro atoms. The van der Waals surface area contributed by atoms with E-state index in [2.05, 4.69) is 44.5 Å². The fourth-order valence-corrected chi connectivity index (χ4v) is 2.24. The van der Waals surface area contributed by atoms with E-state index in [0.29, 0.717) is 5.56 Å². The van der Waals surface area contributed by atoms with Crippen LogP contribution in [-0.4, -0.2) is 5.12 Å². The molecular weight excluding hydrogens is 292 g/mol. The van der Waals surface area contributed by atoms with E-state index in [0.717, 1.165) is 8.95 Å². The molecule has 1 nitrogen and oxygen atoms in total. The number of halogens is 2. The average molecular weight is 296 g/mol. The van der Waals surface area contributed by atoms with Crippen LogP contribution in [0.4, 0.5) is 0 Å². The molecule has 1 aromatic rings. The lowest BCUT2D eigenvalue weighted by Gasteiger charge is -1.98. The van der Waals surface area contributed by atoms with Gasteiger partial charge in [-0.05, 0) is 34.1 Å². The van der Waals surface area contributed by atoms with Gasteiger partial charge in [0.1, 0.15) is 0 Å². The van der Waals surface area contributed by atoms with Crippen LogP contribution in [0.15, 0.2) is 27.1 Å². The second-order valence-electron chi connectivity index (χ2n) is 1.93. The lowest BCUT2D eigenvalue weighted by Crippen LogP contribution is -1.89. The van der Waals surface area contributed by atoms with Crippen LogP contribution in [0.25, 0.3) is 0 Å². The van der Waals surface area contributed by atoms with E-state index in [1.807, 2.05) is 6.07 Å². The van der Waals surface area contributed by atoms with Crippen LogP contribution in [-0.2, 0) is 0 Å². The Bertz CT molecular complexity index is 298. The zero-order valence-electron chi connectivity index (χ0n) is 5.34. The van der Waals surface area contributed by atoms with Gasteiger partial charge in [0.2, 0.25) is 5.12 Å². The summed E-state index contributed by atoms with van der Waals surface area (Å²) in [4.78, 5) is 10.8. The monoisotopic (exact) mass is 294 g/mol. The van der Waals surface area contributed by atoms with Crippen molar-refractivity contribution in [2.24, 2.45) is 0 Å². The maximum Gasteiger partial charge on any atom is 0.217 e. The van der Waals surface area contributed by atoms with Gasteiger partial charge in [-0.2, -0.15) is 0 Å². The Morgan fingerprint density at radius 3 is 2.45 bits per heavy atom. The molecule has 11 heavy (non-hydrogen) atoms. The van der Waals surface area contributed by atoms with Gasteiger partial charge in [0.05, 0.1) is 0 Å². The van der Waals surface area contributed by atoms with E-state index in [-0.39, 0.29) is 5.12 Å². The van der Waals surface area contributed by atoms with E-state index >= 15 is 0 Å². The van der Waals surface area contributed by atoms with Gasteiger partial charge in [-0.25, -0.2) is 0 Å². The predicted molar refractivity (Wildman–Crippen MR) is 55.2 cm³/mol. The largest absolute Gasteiger partial charge is 0.282 e. The van der Waals surface area contributed by atoms with Gasteiger partial charge in [-0.1, -0.05) is 15.9 Å². The molecule has 0 bridgehead atoms. The van der Waals surface area contributed by atoms with Gasteiger partial charge >= 0.3 is 0 Å². The van der Waals surface area contributed by atoms with Crippen molar-refractivity contribution in [1.82, 2.24) is 0 Å². The van der Waals surface area contributed by atoms with Crippen LogP contribution in [0.1, 0.15) is 10.4 Å². The molecule has 0 heterocycles. The Balaban J connectivity index is 3.20. The number of hydrogen-bond donors (Lipinski definition) is 1. The normalized spacial score (nSPS) is 9.73. The summed E-state index contributed by atoms with van der Waals surface area (Å²) < 4.78 is 1.69. The SMILES string of the molecule is O=C(S)c1ccc(Br)cc1Br. The highest BCUT2D eigenvalue weighted by Gasteiger charge is 2.04. The molecule has 4 heteroatoms. The summed E-state index contributed by atoms with van der Waals surface area (Å²) in [5, 5.41) is -0.232. The first-order chi connectivity index (χ1) is 5.11. The second-order valence-corrected chi connectivity index (χ2v) is 4.11. The van der Waals surface area contributed by atoms with E-state index in [9.17, 15) is 4.79 Å². The molecule has 0 saturated heterocycles. The standard InChI is InChI=1S/C7H4Br2OS/c8-4-1-2-5(7(10)11)6(9)3-4/h1-3H,(H,10,11). The zero-order valence-corrected chi connectivity index (χ0v) is 9.41. The molecule has 0 saturated carbocycles. The quantitative estimate of drug-likeness (QED) is 0.787. The van der Waals surface area contributed by atoms with E-state index in [1.54, 1.807) is 12.1 Å². The Morgan fingerprint density at radius 1 is 1.36 bits per heavy atom. The maximum absolute atomic E-state index is 10.8. The third kappa shape index (κ3) is 2.32. The van der Waals surface area contributed by atoms with E-state index in [4.69, 9.17) is 0 Å². The Kier molecular flexibility index (Phi) is 3.16. The topological polar surface area (TPSA) is 17.1 Å². The minimum Gasteiger partial charge on any atom is -0.282 e. The second kappa shape index (κ2) is 3.74. The fraction of sp³-hybridized carbons (Fsp3) is 0. The van der Waals surface area contributed by atoms with Gasteiger partial charge < -0.3 is 0 Å². The third-order valence-electron chi connectivity index (χ3n) is 1.16. The smallest absolute Gasteiger partial charge is 0.217 e. The van der Waals surface area contributed by atoms with Gasteiger partial charge in [0, 0.05) is 14.5 Å². The minimum atomic E-state index is -0.232. The van der Waals surface area contributed by atoms with Crippen molar-refractivity contribution in [2.45, 2.75) is 0 Å². The molecule has 0 amide bonds. The lowest BCUT2D eigenvalue weighted by molar-refractivity contribution is 0.109.